The molecule has 17 heavy (non-hydrogen) atoms. The number of nitrogens with zero attached hydrogens (tertiary/aromatic N) is 3. The molecule has 2 heterocycles. The normalized spacial score (nSPS) is 10.6. The molecule has 2 aromatic heterocycles. The van der Waals surface area contributed by atoms with Crippen molar-refractivity contribution in [3.8, 4) is 11.3 Å². The molecule has 0 aliphatic rings. The summed E-state index contributed by atoms with van der Waals surface area (Å²) in [6.07, 6.45) is 1.78. The van der Waals surface area contributed by atoms with E-state index in [1.807, 2.05) is 36.4 Å². The highest BCUT2D eigenvalue weighted by Gasteiger charge is 2.01. The maximum atomic E-state index is 5.51. The molecule has 0 spiro atoms. The third-order valence-electron chi connectivity index (χ3n) is 2.59. The van der Waals surface area contributed by atoms with Crippen molar-refractivity contribution in [3.05, 3.63) is 48.7 Å². The zero-order chi connectivity index (χ0) is 11.7. The van der Waals surface area contributed by atoms with Gasteiger partial charge in [-0.25, -0.2) is 0 Å². The molecular formula is C13H10N4. The second kappa shape index (κ2) is 3.83. The fourth-order valence-electron chi connectivity index (χ4n) is 1.72. The molecule has 0 saturated heterocycles. The molecule has 3 aromatic rings. The van der Waals surface area contributed by atoms with Crippen molar-refractivity contribution >= 4 is 16.7 Å². The fourth-order valence-corrected chi connectivity index (χ4v) is 1.72. The van der Waals surface area contributed by atoms with E-state index in [0.29, 0.717) is 5.82 Å². The summed E-state index contributed by atoms with van der Waals surface area (Å²) in [6, 6.07) is 13.6. The van der Waals surface area contributed by atoms with Gasteiger partial charge in [0.15, 0.2) is 0 Å². The summed E-state index contributed by atoms with van der Waals surface area (Å²) in [6.45, 7) is 0. The number of hydrogen-bond acceptors (Lipinski definition) is 4. The van der Waals surface area contributed by atoms with Crippen LogP contribution in [0.25, 0.3) is 22.2 Å². The monoisotopic (exact) mass is 222 g/mol. The first-order valence-electron chi connectivity index (χ1n) is 5.27. The minimum atomic E-state index is 0.424. The Bertz CT molecular complexity index is 662. The van der Waals surface area contributed by atoms with Crippen molar-refractivity contribution in [1.82, 2.24) is 15.2 Å². The van der Waals surface area contributed by atoms with Crippen LogP contribution in [0.2, 0.25) is 0 Å². The molecule has 4 heteroatoms. The Morgan fingerprint density at radius 2 is 1.88 bits per heavy atom. The highest BCUT2D eigenvalue weighted by atomic mass is 15.1. The van der Waals surface area contributed by atoms with Gasteiger partial charge in [0, 0.05) is 17.1 Å². The SMILES string of the molecule is Nc1ccc(-c2ccc3cccnc3c2)nn1. The molecule has 0 fully saturated rings. The molecule has 0 atom stereocenters. The second-order valence-electron chi connectivity index (χ2n) is 3.75. The summed E-state index contributed by atoms with van der Waals surface area (Å²) in [5.41, 5.74) is 8.24. The minimum Gasteiger partial charge on any atom is -0.382 e. The van der Waals surface area contributed by atoms with Crippen LogP contribution in [0.15, 0.2) is 48.7 Å². The number of hydrogen-bond donors (Lipinski definition) is 1. The number of pyridine rings is 1. The molecule has 3 rings (SSSR count). The summed E-state index contributed by atoms with van der Waals surface area (Å²) in [5, 5.41) is 9.01. The highest BCUT2D eigenvalue weighted by Crippen LogP contribution is 2.21. The number of rotatable bonds is 1. The zero-order valence-electron chi connectivity index (χ0n) is 9.04. The summed E-state index contributed by atoms with van der Waals surface area (Å²) >= 11 is 0. The molecule has 1 aromatic carbocycles. The van der Waals surface area contributed by atoms with E-state index >= 15 is 0 Å². The predicted octanol–water partition coefficient (Wildman–Crippen LogP) is 2.27. The molecule has 0 unspecified atom stereocenters. The van der Waals surface area contributed by atoms with Gasteiger partial charge in [-0.15, -0.1) is 10.2 Å². The number of fused-ring (bicyclic) bond motifs is 1. The van der Waals surface area contributed by atoms with E-state index in [2.05, 4.69) is 15.2 Å². The van der Waals surface area contributed by atoms with Crippen LogP contribution in [-0.2, 0) is 0 Å². The van der Waals surface area contributed by atoms with Crippen LogP contribution in [0.3, 0.4) is 0 Å². The van der Waals surface area contributed by atoms with E-state index in [4.69, 9.17) is 5.73 Å². The summed E-state index contributed by atoms with van der Waals surface area (Å²) in [4.78, 5) is 4.31. The van der Waals surface area contributed by atoms with Crippen LogP contribution in [0.1, 0.15) is 0 Å². The van der Waals surface area contributed by atoms with E-state index in [0.717, 1.165) is 22.2 Å². The first-order chi connectivity index (χ1) is 8.33. The second-order valence-corrected chi connectivity index (χ2v) is 3.75. The Balaban J connectivity index is 2.14. The minimum absolute atomic E-state index is 0.424. The van der Waals surface area contributed by atoms with Gasteiger partial charge in [0.25, 0.3) is 0 Å². The van der Waals surface area contributed by atoms with Crippen molar-refractivity contribution < 1.29 is 0 Å². The van der Waals surface area contributed by atoms with Crippen LogP contribution >= 0.6 is 0 Å². The lowest BCUT2D eigenvalue weighted by Crippen LogP contribution is -1.93. The van der Waals surface area contributed by atoms with Crippen LogP contribution in [0, 0.1) is 0 Å². The van der Waals surface area contributed by atoms with Gasteiger partial charge in [-0.1, -0.05) is 18.2 Å². The van der Waals surface area contributed by atoms with Crippen molar-refractivity contribution in [1.29, 1.82) is 0 Å². The lowest BCUT2D eigenvalue weighted by Gasteiger charge is -2.02. The highest BCUT2D eigenvalue weighted by molar-refractivity contribution is 5.83. The van der Waals surface area contributed by atoms with Gasteiger partial charge in [0.05, 0.1) is 11.2 Å². The van der Waals surface area contributed by atoms with Crippen molar-refractivity contribution in [2.45, 2.75) is 0 Å². The Morgan fingerprint density at radius 1 is 0.941 bits per heavy atom. The van der Waals surface area contributed by atoms with Gasteiger partial charge in [-0.3, -0.25) is 4.98 Å². The maximum absolute atomic E-state index is 5.51. The first kappa shape index (κ1) is 9.72. The molecule has 0 radical (unpaired) electrons. The average Bonchev–Trinajstić information content (AvgIpc) is 2.39. The number of nitrogen functional groups attached to an aromatic ring is 1. The van der Waals surface area contributed by atoms with Crippen LogP contribution < -0.4 is 5.73 Å². The van der Waals surface area contributed by atoms with Gasteiger partial charge in [-0.05, 0) is 24.3 Å². The summed E-state index contributed by atoms with van der Waals surface area (Å²) < 4.78 is 0. The van der Waals surface area contributed by atoms with Gasteiger partial charge >= 0.3 is 0 Å². The van der Waals surface area contributed by atoms with E-state index < -0.39 is 0 Å². The molecule has 82 valence electrons. The number of nitrogens with two attached hydrogens (primary N) is 1. The van der Waals surface area contributed by atoms with Gasteiger partial charge in [0.2, 0.25) is 0 Å². The molecule has 0 amide bonds. The van der Waals surface area contributed by atoms with Crippen molar-refractivity contribution in [3.63, 3.8) is 0 Å². The Labute approximate surface area is 98.1 Å². The van der Waals surface area contributed by atoms with Crippen LogP contribution in [-0.4, -0.2) is 15.2 Å². The predicted molar refractivity (Wildman–Crippen MR) is 67.2 cm³/mol. The van der Waals surface area contributed by atoms with E-state index in [1.165, 1.54) is 0 Å². The quantitative estimate of drug-likeness (QED) is 0.686. The van der Waals surface area contributed by atoms with Crippen LogP contribution in [0.5, 0.6) is 0 Å². The van der Waals surface area contributed by atoms with Gasteiger partial charge < -0.3 is 5.73 Å². The Morgan fingerprint density at radius 3 is 2.71 bits per heavy atom. The smallest absolute Gasteiger partial charge is 0.146 e. The lowest BCUT2D eigenvalue weighted by atomic mass is 10.1. The topological polar surface area (TPSA) is 64.7 Å². The van der Waals surface area contributed by atoms with E-state index in [-0.39, 0.29) is 0 Å². The molecule has 0 saturated carbocycles. The number of aromatic nitrogens is 3. The van der Waals surface area contributed by atoms with Gasteiger partial charge in [0.1, 0.15) is 5.82 Å². The fraction of sp³-hybridized carbons (Fsp3) is 0. The number of anilines is 1. The van der Waals surface area contributed by atoms with Crippen molar-refractivity contribution in [2.75, 3.05) is 5.73 Å². The molecule has 0 aliphatic heterocycles. The summed E-state index contributed by atoms with van der Waals surface area (Å²) in [7, 11) is 0. The van der Waals surface area contributed by atoms with E-state index in [9.17, 15) is 0 Å². The van der Waals surface area contributed by atoms with E-state index in [1.54, 1.807) is 12.3 Å². The van der Waals surface area contributed by atoms with Gasteiger partial charge in [-0.2, -0.15) is 0 Å². The van der Waals surface area contributed by atoms with Crippen molar-refractivity contribution in [2.24, 2.45) is 0 Å². The third-order valence-corrected chi connectivity index (χ3v) is 2.59. The standard InChI is InChI=1S/C13H10N4/c14-13-6-5-11(16-17-13)10-4-3-9-2-1-7-15-12(9)8-10/h1-8H,(H2,14,17). The van der Waals surface area contributed by atoms with Crippen LogP contribution in [0.4, 0.5) is 5.82 Å². The molecule has 2 N–H and O–H groups in total. The third kappa shape index (κ3) is 1.80. The Kier molecular flexibility index (Phi) is 2.19. The maximum Gasteiger partial charge on any atom is 0.146 e. The first-order valence-corrected chi connectivity index (χ1v) is 5.27. The summed E-state index contributed by atoms with van der Waals surface area (Å²) in [5.74, 6) is 0.424. The average molecular weight is 222 g/mol. The largest absolute Gasteiger partial charge is 0.382 e. The lowest BCUT2D eigenvalue weighted by molar-refractivity contribution is 1.05. The molecule has 0 aliphatic carbocycles. The molecule has 0 bridgehead atoms. The zero-order valence-corrected chi connectivity index (χ0v) is 9.04. The Hall–Kier alpha value is -2.49. The molecular weight excluding hydrogens is 212 g/mol. The number of benzene rings is 1. The molecule has 4 nitrogen and oxygen atoms in total.